The molecule has 0 aliphatic carbocycles. The van der Waals surface area contributed by atoms with Gasteiger partial charge in [-0.2, -0.15) is 0 Å². The first kappa shape index (κ1) is 18.4. The zero-order valence-electron chi connectivity index (χ0n) is 16.6. The van der Waals surface area contributed by atoms with Crippen LogP contribution < -0.4 is 9.47 Å². The smallest absolute Gasteiger partial charge is 0.210 e. The molecule has 0 unspecified atom stereocenters. The average Bonchev–Trinajstić information content (AvgIpc) is 3.14. The van der Waals surface area contributed by atoms with E-state index >= 15 is 0 Å². The lowest BCUT2D eigenvalue weighted by molar-refractivity contribution is -0.124. The first-order valence-corrected chi connectivity index (χ1v) is 9.62. The van der Waals surface area contributed by atoms with E-state index in [1.807, 2.05) is 23.1 Å². The van der Waals surface area contributed by atoms with Gasteiger partial charge in [0.15, 0.2) is 0 Å². The first-order chi connectivity index (χ1) is 13.6. The normalized spacial score (nSPS) is 18.8. The zero-order chi connectivity index (χ0) is 19.7. The van der Waals surface area contributed by atoms with E-state index < -0.39 is 0 Å². The van der Waals surface area contributed by atoms with Gasteiger partial charge in [-0.15, -0.1) is 0 Å². The summed E-state index contributed by atoms with van der Waals surface area (Å²) < 4.78 is 10.8. The maximum atomic E-state index is 11.8. The molecule has 28 heavy (non-hydrogen) atoms. The largest absolute Gasteiger partial charge is 0.497 e. The average molecular weight is 378 g/mol. The van der Waals surface area contributed by atoms with Crippen LogP contribution in [0.3, 0.4) is 0 Å². The molecule has 1 aliphatic heterocycles. The molecule has 3 aromatic rings. The Labute approximate surface area is 165 Å². The lowest BCUT2D eigenvalue weighted by Crippen LogP contribution is -2.48. The molecular weight excluding hydrogens is 352 g/mol. The summed E-state index contributed by atoms with van der Waals surface area (Å²) in [7, 11) is 3.37. The molecule has 5 heteroatoms. The van der Waals surface area contributed by atoms with Crippen LogP contribution in [0.1, 0.15) is 30.0 Å². The molecule has 1 atom stereocenters. The van der Waals surface area contributed by atoms with Crippen LogP contribution in [0.2, 0.25) is 0 Å². The minimum Gasteiger partial charge on any atom is -0.497 e. The van der Waals surface area contributed by atoms with Crippen molar-refractivity contribution in [1.82, 2.24) is 9.88 Å². The van der Waals surface area contributed by atoms with Crippen molar-refractivity contribution in [3.05, 3.63) is 59.3 Å². The molecule has 0 saturated heterocycles. The van der Waals surface area contributed by atoms with E-state index in [4.69, 9.17) is 9.47 Å². The van der Waals surface area contributed by atoms with Gasteiger partial charge in [0.05, 0.1) is 19.8 Å². The number of methoxy groups -OCH3 is 2. The number of aryl methyl sites for hydroxylation is 1. The van der Waals surface area contributed by atoms with Gasteiger partial charge in [0, 0.05) is 23.6 Å². The molecule has 1 amide bonds. The fraction of sp³-hybridized carbons (Fsp3) is 0.348. The third kappa shape index (κ3) is 3.01. The topological polar surface area (TPSA) is 54.6 Å². The van der Waals surface area contributed by atoms with Crippen LogP contribution in [0.4, 0.5) is 0 Å². The molecule has 5 nitrogen and oxygen atoms in total. The summed E-state index contributed by atoms with van der Waals surface area (Å²) in [5.74, 6) is 1.72. The number of H-pyrrole nitrogens is 1. The van der Waals surface area contributed by atoms with Gasteiger partial charge < -0.3 is 19.4 Å². The van der Waals surface area contributed by atoms with Crippen molar-refractivity contribution in [3.8, 4) is 11.5 Å². The molecule has 1 aromatic heterocycles. The number of ether oxygens (including phenoxy) is 2. The second kappa shape index (κ2) is 7.23. The highest BCUT2D eigenvalue weighted by molar-refractivity contribution is 5.84. The second-order valence-electron chi connectivity index (χ2n) is 7.57. The Hall–Kier alpha value is -2.95. The maximum absolute atomic E-state index is 11.8. The lowest BCUT2D eigenvalue weighted by Gasteiger charge is -2.44. The van der Waals surface area contributed by atoms with Crippen LogP contribution in [-0.2, 0) is 23.2 Å². The predicted molar refractivity (Wildman–Crippen MR) is 110 cm³/mol. The molecule has 1 aliphatic rings. The van der Waals surface area contributed by atoms with Crippen LogP contribution >= 0.6 is 0 Å². The summed E-state index contributed by atoms with van der Waals surface area (Å²) in [5, 5.41) is 1.17. The molecule has 2 aromatic carbocycles. The van der Waals surface area contributed by atoms with Gasteiger partial charge in [-0.1, -0.05) is 6.07 Å². The van der Waals surface area contributed by atoms with Crippen LogP contribution in [0, 0.1) is 0 Å². The van der Waals surface area contributed by atoms with Crippen LogP contribution in [0.25, 0.3) is 10.9 Å². The van der Waals surface area contributed by atoms with E-state index in [2.05, 4.69) is 36.3 Å². The van der Waals surface area contributed by atoms with E-state index in [9.17, 15) is 4.79 Å². The van der Waals surface area contributed by atoms with Gasteiger partial charge in [-0.05, 0) is 73.2 Å². The highest BCUT2D eigenvalue weighted by Crippen LogP contribution is 2.40. The molecule has 2 heterocycles. The standard InChI is InChI=1S/C23H26N2O3/c1-23(10-8-17-14-24-22-7-5-19(28-3)13-20(17)22)21-6-4-18(27-2)12-16(21)9-11-25(23)15-26/h4-7,12-15,24H,8-11H2,1-3H3/t23-/m0/s1. The molecule has 1 N–H and O–H groups in total. The molecule has 0 fully saturated rings. The van der Waals surface area contributed by atoms with Crippen molar-refractivity contribution in [1.29, 1.82) is 0 Å². The molecule has 0 spiro atoms. The van der Waals surface area contributed by atoms with Crippen molar-refractivity contribution in [2.45, 2.75) is 31.7 Å². The Morgan fingerprint density at radius 3 is 2.64 bits per heavy atom. The summed E-state index contributed by atoms with van der Waals surface area (Å²) in [4.78, 5) is 17.1. The zero-order valence-corrected chi connectivity index (χ0v) is 16.6. The van der Waals surface area contributed by atoms with Crippen LogP contribution in [0.5, 0.6) is 11.5 Å². The van der Waals surface area contributed by atoms with Crippen molar-refractivity contribution in [2.24, 2.45) is 0 Å². The Bertz CT molecular complexity index is 1010. The van der Waals surface area contributed by atoms with E-state index in [-0.39, 0.29) is 5.54 Å². The first-order valence-electron chi connectivity index (χ1n) is 9.62. The predicted octanol–water partition coefficient (Wildman–Crippen LogP) is 4.05. The lowest BCUT2D eigenvalue weighted by atomic mass is 9.78. The van der Waals surface area contributed by atoms with Crippen molar-refractivity contribution >= 4 is 17.3 Å². The number of fused-ring (bicyclic) bond motifs is 2. The number of amides is 1. The number of aromatic amines is 1. The quantitative estimate of drug-likeness (QED) is 0.659. The van der Waals surface area contributed by atoms with Crippen LogP contribution in [-0.4, -0.2) is 37.1 Å². The number of carbonyl (C=O) groups is 1. The molecule has 0 bridgehead atoms. The van der Waals surface area contributed by atoms with Crippen molar-refractivity contribution < 1.29 is 14.3 Å². The molecular formula is C23H26N2O3. The summed E-state index contributed by atoms with van der Waals surface area (Å²) >= 11 is 0. The fourth-order valence-corrected chi connectivity index (χ4v) is 4.39. The van der Waals surface area contributed by atoms with Gasteiger partial charge in [-0.25, -0.2) is 0 Å². The monoisotopic (exact) mass is 378 g/mol. The van der Waals surface area contributed by atoms with E-state index in [0.717, 1.165) is 49.2 Å². The molecule has 4 rings (SSSR count). The third-order valence-corrected chi connectivity index (χ3v) is 6.13. The summed E-state index contributed by atoms with van der Waals surface area (Å²) in [6.45, 7) is 2.89. The number of hydrogen-bond donors (Lipinski definition) is 1. The number of nitrogens with one attached hydrogen (secondary N) is 1. The summed E-state index contributed by atoms with van der Waals surface area (Å²) in [6.07, 6.45) is 5.61. The number of benzene rings is 2. The van der Waals surface area contributed by atoms with Gasteiger partial charge in [0.25, 0.3) is 0 Å². The number of nitrogens with zero attached hydrogens (tertiary/aromatic N) is 1. The van der Waals surface area contributed by atoms with Gasteiger partial charge >= 0.3 is 0 Å². The highest BCUT2D eigenvalue weighted by atomic mass is 16.5. The number of aromatic nitrogens is 1. The van der Waals surface area contributed by atoms with Gasteiger partial charge in [0.1, 0.15) is 11.5 Å². The molecule has 146 valence electrons. The fourth-order valence-electron chi connectivity index (χ4n) is 4.39. The molecule has 0 radical (unpaired) electrons. The minimum absolute atomic E-state index is 0.343. The Morgan fingerprint density at radius 2 is 1.89 bits per heavy atom. The van der Waals surface area contributed by atoms with E-state index in [1.54, 1.807) is 14.2 Å². The Morgan fingerprint density at radius 1 is 1.14 bits per heavy atom. The highest BCUT2D eigenvalue weighted by Gasteiger charge is 2.37. The number of carbonyl (C=O) groups excluding carboxylic acids is 1. The molecule has 0 saturated carbocycles. The number of rotatable bonds is 6. The Kier molecular flexibility index (Phi) is 4.75. The van der Waals surface area contributed by atoms with E-state index in [0.29, 0.717) is 0 Å². The van der Waals surface area contributed by atoms with Gasteiger partial charge in [-0.3, -0.25) is 4.79 Å². The Balaban J connectivity index is 1.67. The van der Waals surface area contributed by atoms with Gasteiger partial charge in [0.2, 0.25) is 6.41 Å². The van der Waals surface area contributed by atoms with E-state index in [1.165, 1.54) is 22.1 Å². The summed E-state index contributed by atoms with van der Waals surface area (Å²) in [5.41, 5.74) is 4.47. The number of hydrogen-bond acceptors (Lipinski definition) is 3. The van der Waals surface area contributed by atoms with Crippen molar-refractivity contribution in [2.75, 3.05) is 20.8 Å². The minimum atomic E-state index is -0.343. The summed E-state index contributed by atoms with van der Waals surface area (Å²) in [6, 6.07) is 12.3. The third-order valence-electron chi connectivity index (χ3n) is 6.13. The SMILES string of the molecule is COc1ccc2c(c1)CCN(C=O)[C@@]2(C)CCc1c[nH]c2ccc(OC)cc12. The van der Waals surface area contributed by atoms with Crippen molar-refractivity contribution in [3.63, 3.8) is 0 Å². The second-order valence-corrected chi connectivity index (χ2v) is 7.57. The van der Waals surface area contributed by atoms with Crippen LogP contribution in [0.15, 0.2) is 42.6 Å². The maximum Gasteiger partial charge on any atom is 0.210 e.